The van der Waals surface area contributed by atoms with Crippen LogP contribution in [0.15, 0.2) is 42.0 Å². The number of benzene rings is 1. The van der Waals surface area contributed by atoms with Crippen molar-refractivity contribution in [1.82, 2.24) is 0 Å². The lowest BCUT2D eigenvalue weighted by atomic mass is 10.1. The second-order valence-electron chi connectivity index (χ2n) is 4.33. The zero-order valence-corrected chi connectivity index (χ0v) is 8.56. The van der Waals surface area contributed by atoms with Gasteiger partial charge in [0, 0.05) is 24.7 Å². The van der Waals surface area contributed by atoms with Crippen LogP contribution in [-0.2, 0) is 0 Å². The molecule has 3 rings (SSSR count). The highest BCUT2D eigenvalue weighted by Crippen LogP contribution is 2.35. The molecule has 2 nitrogen and oxygen atoms in total. The van der Waals surface area contributed by atoms with Gasteiger partial charge in [0.05, 0.1) is 7.45 Å². The fourth-order valence-corrected chi connectivity index (χ4v) is 2.52. The predicted molar refractivity (Wildman–Crippen MR) is 60.9 cm³/mol. The van der Waals surface area contributed by atoms with E-state index in [0.717, 1.165) is 13.1 Å². The third-order valence-electron chi connectivity index (χ3n) is 3.27. The van der Waals surface area contributed by atoms with Gasteiger partial charge in [0.15, 0.2) is 0 Å². The second kappa shape index (κ2) is 3.38. The van der Waals surface area contributed by atoms with Crippen LogP contribution in [0.4, 0.5) is 5.69 Å². The molecule has 1 aliphatic carbocycles. The lowest BCUT2D eigenvalue weighted by Gasteiger charge is -2.18. The molecule has 0 spiro atoms. The summed E-state index contributed by atoms with van der Waals surface area (Å²) in [6.07, 6.45) is 0.953. The number of fused-ring (bicyclic) bond motifs is 1. The summed E-state index contributed by atoms with van der Waals surface area (Å²) in [6.45, 7) is 1.78. The fraction of sp³-hybridized carbons (Fsp3) is 0.385. The molecule has 0 amide bonds. The van der Waals surface area contributed by atoms with E-state index in [2.05, 4.69) is 17.0 Å². The summed E-state index contributed by atoms with van der Waals surface area (Å²) in [4.78, 5) is 2.31. The summed E-state index contributed by atoms with van der Waals surface area (Å²) >= 11 is 0. The molecule has 1 aromatic carbocycles. The maximum atomic E-state index is 9.63. The number of hydrogen-bond acceptors (Lipinski definition) is 2. The van der Waals surface area contributed by atoms with Crippen molar-refractivity contribution in [3.05, 3.63) is 42.0 Å². The summed E-state index contributed by atoms with van der Waals surface area (Å²) in [6, 6.07) is 10.3. The van der Waals surface area contributed by atoms with E-state index in [1.807, 2.05) is 18.2 Å². The molecule has 1 saturated heterocycles. The van der Waals surface area contributed by atoms with Gasteiger partial charge in [-0.1, -0.05) is 24.3 Å². The van der Waals surface area contributed by atoms with E-state index in [4.69, 9.17) is 1.37 Å². The number of rotatable bonds is 1. The minimum atomic E-state index is -1.32. The first kappa shape index (κ1) is 7.94. The molecule has 2 heteroatoms. The van der Waals surface area contributed by atoms with Crippen molar-refractivity contribution in [2.45, 2.75) is 12.5 Å². The molecule has 78 valence electrons. The first-order valence-corrected chi connectivity index (χ1v) is 5.38. The molecular weight excluding hydrogens is 186 g/mol. The van der Waals surface area contributed by atoms with E-state index in [9.17, 15) is 5.11 Å². The Bertz CT molecular complexity index is 427. The van der Waals surface area contributed by atoms with Crippen molar-refractivity contribution in [2.75, 3.05) is 18.0 Å². The van der Waals surface area contributed by atoms with Crippen LogP contribution in [0.25, 0.3) is 0 Å². The highest BCUT2D eigenvalue weighted by atomic mass is 16.3. The Labute approximate surface area is 91.2 Å². The first-order chi connectivity index (χ1) is 7.64. The van der Waals surface area contributed by atoms with E-state index in [1.165, 1.54) is 11.3 Å². The maximum absolute atomic E-state index is 9.63. The van der Waals surface area contributed by atoms with E-state index in [0.29, 0.717) is 12.3 Å². The molecule has 0 saturated carbocycles. The zero-order chi connectivity index (χ0) is 11.2. The Morgan fingerprint density at radius 1 is 1.33 bits per heavy atom. The van der Waals surface area contributed by atoms with Crippen molar-refractivity contribution in [3.8, 4) is 0 Å². The van der Waals surface area contributed by atoms with Crippen LogP contribution in [0.1, 0.15) is 7.79 Å². The van der Waals surface area contributed by atoms with Gasteiger partial charge in [-0.3, -0.25) is 0 Å². The largest absolute Gasteiger partial charge is 0.389 e. The highest BCUT2D eigenvalue weighted by Gasteiger charge is 2.33. The molecule has 1 N–H and O–H groups in total. The van der Waals surface area contributed by atoms with Gasteiger partial charge in [0.1, 0.15) is 0 Å². The van der Waals surface area contributed by atoms with Crippen LogP contribution in [0.3, 0.4) is 0 Å². The van der Waals surface area contributed by atoms with Gasteiger partial charge in [-0.15, -0.1) is 0 Å². The van der Waals surface area contributed by atoms with E-state index < -0.39 is 6.08 Å². The monoisotopic (exact) mass is 202 g/mol. The Morgan fingerprint density at radius 3 is 2.87 bits per heavy atom. The molecule has 0 bridgehead atoms. The van der Waals surface area contributed by atoms with E-state index >= 15 is 0 Å². The van der Waals surface area contributed by atoms with Crippen LogP contribution in [-0.4, -0.2) is 24.3 Å². The van der Waals surface area contributed by atoms with Gasteiger partial charge in [-0.25, -0.2) is 0 Å². The average molecular weight is 202 g/mol. The van der Waals surface area contributed by atoms with Gasteiger partial charge in [0.2, 0.25) is 0 Å². The van der Waals surface area contributed by atoms with Crippen LogP contribution < -0.4 is 4.90 Å². The van der Waals surface area contributed by atoms with Crippen molar-refractivity contribution in [2.24, 2.45) is 5.92 Å². The summed E-state index contributed by atoms with van der Waals surface area (Å²) in [5.74, 6) is 0.364. The van der Waals surface area contributed by atoms with Crippen molar-refractivity contribution in [3.63, 3.8) is 0 Å². The van der Waals surface area contributed by atoms with Crippen LogP contribution in [0, 0.1) is 5.92 Å². The second-order valence-corrected chi connectivity index (χ2v) is 4.33. The molecule has 1 aromatic rings. The minimum Gasteiger partial charge on any atom is -0.389 e. The average Bonchev–Trinajstić information content (AvgIpc) is 2.72. The Hall–Kier alpha value is -1.28. The first-order valence-electron chi connectivity index (χ1n) is 5.88. The van der Waals surface area contributed by atoms with Crippen LogP contribution in [0.5, 0.6) is 0 Å². The summed E-state index contributed by atoms with van der Waals surface area (Å²) in [5.41, 5.74) is 2.45. The molecule has 15 heavy (non-hydrogen) atoms. The van der Waals surface area contributed by atoms with Gasteiger partial charge >= 0.3 is 0 Å². The molecular formula is C13H15NO. The Balaban J connectivity index is 1.81. The topological polar surface area (TPSA) is 23.5 Å². The summed E-state index contributed by atoms with van der Waals surface area (Å²) < 4.78 is 7.62. The van der Waals surface area contributed by atoms with Crippen LogP contribution in [0.2, 0.25) is 0 Å². The summed E-state index contributed by atoms with van der Waals surface area (Å²) in [7, 11) is 0. The number of hydrogen-bond donors (Lipinski definition) is 1. The third-order valence-corrected chi connectivity index (χ3v) is 3.27. The fourth-order valence-electron chi connectivity index (χ4n) is 2.52. The Kier molecular flexibility index (Phi) is 1.79. The van der Waals surface area contributed by atoms with Gasteiger partial charge in [-0.2, -0.15) is 0 Å². The molecule has 1 heterocycles. The zero-order valence-electron chi connectivity index (χ0n) is 9.56. The van der Waals surface area contributed by atoms with Crippen molar-refractivity contribution < 1.29 is 6.48 Å². The highest BCUT2D eigenvalue weighted by molar-refractivity contribution is 5.51. The molecule has 1 fully saturated rings. The van der Waals surface area contributed by atoms with Gasteiger partial charge in [0.25, 0.3) is 0 Å². The number of para-hydroxylation sites is 1. The molecule has 0 aromatic heterocycles. The molecule has 2 atom stereocenters. The predicted octanol–water partition coefficient (Wildman–Crippen LogP) is 1.81. The van der Waals surface area contributed by atoms with Gasteiger partial charge in [-0.05, 0) is 24.1 Å². The standard InChI is InChI=1S/C13H15NO/c15-13-6-10-8-14(9-11(10)7-13)12-4-2-1-3-5-12/h1-6,11,13,15H,7-9H2/t11-,13+/m0/s1/i13D. The number of aliphatic hydroxyl groups is 1. The minimum absolute atomic E-state index is 0.364. The van der Waals surface area contributed by atoms with Crippen LogP contribution >= 0.6 is 0 Å². The maximum Gasteiger partial charge on any atom is 0.0730 e. The lowest BCUT2D eigenvalue weighted by Crippen LogP contribution is -2.21. The molecule has 0 radical (unpaired) electrons. The normalized spacial score (nSPS) is 35.0. The van der Waals surface area contributed by atoms with Crippen molar-refractivity contribution in [1.29, 1.82) is 0 Å². The van der Waals surface area contributed by atoms with E-state index in [-0.39, 0.29) is 0 Å². The SMILES string of the molecule is [2H][C@@]1(O)C=C2CN(c3ccccc3)C[C@@H]2C1. The molecule has 0 unspecified atom stereocenters. The van der Waals surface area contributed by atoms with Crippen molar-refractivity contribution >= 4 is 5.69 Å². The summed E-state index contributed by atoms with van der Waals surface area (Å²) in [5, 5.41) is 9.63. The number of anilines is 1. The van der Waals surface area contributed by atoms with Gasteiger partial charge < -0.3 is 10.0 Å². The van der Waals surface area contributed by atoms with E-state index in [1.54, 1.807) is 6.08 Å². The smallest absolute Gasteiger partial charge is 0.0730 e. The quantitative estimate of drug-likeness (QED) is 0.702. The molecule has 1 aliphatic heterocycles. The third kappa shape index (κ3) is 1.55. The lowest BCUT2D eigenvalue weighted by molar-refractivity contribution is 0.211. The number of nitrogens with zero attached hydrogens (tertiary/aromatic N) is 1. The molecule has 2 aliphatic rings. The Morgan fingerprint density at radius 2 is 2.13 bits per heavy atom.